The van der Waals surface area contributed by atoms with Crippen molar-refractivity contribution in [2.75, 3.05) is 0 Å². The van der Waals surface area contributed by atoms with E-state index in [9.17, 15) is 4.39 Å². The summed E-state index contributed by atoms with van der Waals surface area (Å²) in [5.41, 5.74) is 1.88. The molecule has 4 nitrogen and oxygen atoms in total. The van der Waals surface area contributed by atoms with Crippen LogP contribution < -0.4 is 0 Å². The Hall–Kier alpha value is -1.78. The van der Waals surface area contributed by atoms with Crippen molar-refractivity contribution in [2.45, 2.75) is 18.8 Å². The number of hydrogen-bond donors (Lipinski definition) is 0. The number of rotatable bonds is 2. The number of hydrogen-bond acceptors (Lipinski definition) is 3. The molecule has 1 aromatic carbocycles. The topological polar surface area (TPSA) is 43.6 Å². The highest BCUT2D eigenvalue weighted by molar-refractivity contribution is 5.44. The minimum absolute atomic E-state index is 0.200. The molecule has 0 aliphatic heterocycles. The van der Waals surface area contributed by atoms with Crippen LogP contribution >= 0.6 is 0 Å². The van der Waals surface area contributed by atoms with Crippen LogP contribution in [0.15, 0.2) is 24.5 Å². The molecule has 1 saturated carbocycles. The van der Waals surface area contributed by atoms with Gasteiger partial charge in [-0.3, -0.25) is 0 Å². The summed E-state index contributed by atoms with van der Waals surface area (Å²) in [6.45, 7) is 0. The predicted octanol–water partition coefficient (Wildman–Crippen LogP) is 1.68. The Labute approximate surface area is 85.7 Å². The lowest BCUT2D eigenvalue weighted by atomic mass is 10.1. The maximum atomic E-state index is 13.1. The molecule has 0 amide bonds. The van der Waals surface area contributed by atoms with Crippen molar-refractivity contribution in [3.05, 3.63) is 35.9 Å². The zero-order valence-electron chi connectivity index (χ0n) is 7.97. The Morgan fingerprint density at radius 3 is 2.87 bits per heavy atom. The first-order valence-corrected chi connectivity index (χ1v) is 4.87. The fourth-order valence-corrected chi connectivity index (χ4v) is 1.73. The molecule has 5 heteroatoms. The highest BCUT2D eigenvalue weighted by Gasteiger charge is 2.27. The molecule has 1 heterocycles. The van der Waals surface area contributed by atoms with E-state index >= 15 is 0 Å². The van der Waals surface area contributed by atoms with Gasteiger partial charge in [0, 0.05) is 0 Å². The second-order valence-corrected chi connectivity index (χ2v) is 3.73. The van der Waals surface area contributed by atoms with Gasteiger partial charge in [0.05, 0.1) is 5.69 Å². The van der Waals surface area contributed by atoms with Gasteiger partial charge in [0.2, 0.25) is 0 Å². The number of aromatic nitrogens is 4. The summed E-state index contributed by atoms with van der Waals surface area (Å²) in [5, 5.41) is 11.0. The maximum absolute atomic E-state index is 13.1. The Morgan fingerprint density at radius 2 is 2.20 bits per heavy atom. The molecule has 0 unspecified atom stereocenters. The summed E-state index contributed by atoms with van der Waals surface area (Å²) in [4.78, 5) is 0. The van der Waals surface area contributed by atoms with Crippen molar-refractivity contribution in [1.82, 2.24) is 20.2 Å². The minimum Gasteiger partial charge on any atom is -0.207 e. The Kier molecular flexibility index (Phi) is 1.77. The third kappa shape index (κ3) is 1.49. The lowest BCUT2D eigenvalue weighted by Crippen LogP contribution is -2.00. The molecular formula is C10H9FN4. The van der Waals surface area contributed by atoms with Crippen LogP contribution in [-0.4, -0.2) is 20.2 Å². The molecule has 0 radical (unpaired) electrons. The molecular weight excluding hydrogens is 195 g/mol. The van der Waals surface area contributed by atoms with E-state index in [1.54, 1.807) is 16.8 Å². The summed E-state index contributed by atoms with van der Waals surface area (Å²) in [7, 11) is 0. The smallest absolute Gasteiger partial charge is 0.143 e. The van der Waals surface area contributed by atoms with E-state index in [1.807, 2.05) is 0 Å². The van der Waals surface area contributed by atoms with Crippen LogP contribution in [-0.2, 0) is 0 Å². The van der Waals surface area contributed by atoms with E-state index in [0.29, 0.717) is 5.92 Å². The van der Waals surface area contributed by atoms with Crippen molar-refractivity contribution in [1.29, 1.82) is 0 Å². The van der Waals surface area contributed by atoms with Gasteiger partial charge in [0.15, 0.2) is 0 Å². The third-order valence-corrected chi connectivity index (χ3v) is 2.60. The summed E-state index contributed by atoms with van der Waals surface area (Å²) >= 11 is 0. The van der Waals surface area contributed by atoms with Gasteiger partial charge in [-0.25, -0.2) is 9.07 Å². The first kappa shape index (κ1) is 8.52. The Morgan fingerprint density at radius 1 is 1.33 bits per heavy atom. The lowest BCUT2D eigenvalue weighted by molar-refractivity contribution is 0.624. The second kappa shape index (κ2) is 3.12. The molecule has 0 atom stereocenters. The maximum Gasteiger partial charge on any atom is 0.143 e. The van der Waals surface area contributed by atoms with E-state index in [-0.39, 0.29) is 5.82 Å². The number of nitrogens with zero attached hydrogens (tertiary/aromatic N) is 4. The lowest BCUT2D eigenvalue weighted by Gasteiger charge is -2.06. The van der Waals surface area contributed by atoms with Crippen LogP contribution in [0.4, 0.5) is 4.39 Å². The van der Waals surface area contributed by atoms with E-state index in [0.717, 1.165) is 24.1 Å². The molecule has 0 spiro atoms. The summed E-state index contributed by atoms with van der Waals surface area (Å²) in [5.74, 6) is 0.272. The summed E-state index contributed by atoms with van der Waals surface area (Å²) < 4.78 is 14.7. The molecule has 15 heavy (non-hydrogen) atoms. The zero-order chi connectivity index (χ0) is 10.3. The van der Waals surface area contributed by atoms with Crippen LogP contribution in [0, 0.1) is 5.82 Å². The monoisotopic (exact) mass is 204 g/mol. The quantitative estimate of drug-likeness (QED) is 0.747. The normalized spacial score (nSPS) is 15.5. The van der Waals surface area contributed by atoms with Crippen LogP contribution in [0.2, 0.25) is 0 Å². The molecule has 3 rings (SSSR count). The summed E-state index contributed by atoms with van der Waals surface area (Å²) in [6, 6.07) is 4.73. The number of halogens is 1. The fourth-order valence-electron chi connectivity index (χ4n) is 1.73. The molecule has 1 fully saturated rings. The van der Waals surface area contributed by atoms with Crippen molar-refractivity contribution in [3.8, 4) is 5.69 Å². The number of tetrazole rings is 1. The van der Waals surface area contributed by atoms with Gasteiger partial charge >= 0.3 is 0 Å². The fraction of sp³-hybridized carbons (Fsp3) is 0.300. The molecule has 0 bridgehead atoms. The molecule has 76 valence electrons. The van der Waals surface area contributed by atoms with Gasteiger partial charge in [-0.15, -0.1) is 5.10 Å². The minimum atomic E-state index is -0.200. The van der Waals surface area contributed by atoms with Gasteiger partial charge in [-0.2, -0.15) is 0 Å². The average Bonchev–Trinajstić information content (AvgIpc) is 2.95. The first-order chi connectivity index (χ1) is 7.34. The van der Waals surface area contributed by atoms with Crippen molar-refractivity contribution in [2.24, 2.45) is 0 Å². The average molecular weight is 204 g/mol. The predicted molar refractivity (Wildman–Crippen MR) is 51.1 cm³/mol. The van der Waals surface area contributed by atoms with Crippen molar-refractivity contribution < 1.29 is 4.39 Å². The van der Waals surface area contributed by atoms with Gasteiger partial charge < -0.3 is 0 Å². The summed E-state index contributed by atoms with van der Waals surface area (Å²) in [6.07, 6.45) is 3.77. The highest BCUT2D eigenvalue weighted by atomic mass is 19.1. The molecule has 1 aromatic heterocycles. The van der Waals surface area contributed by atoms with Crippen LogP contribution in [0.25, 0.3) is 5.69 Å². The van der Waals surface area contributed by atoms with Gasteiger partial charge in [0.1, 0.15) is 12.1 Å². The molecule has 1 aliphatic rings. The largest absolute Gasteiger partial charge is 0.207 e. The first-order valence-electron chi connectivity index (χ1n) is 4.87. The van der Waals surface area contributed by atoms with Gasteiger partial charge in [0.25, 0.3) is 0 Å². The second-order valence-electron chi connectivity index (χ2n) is 3.73. The van der Waals surface area contributed by atoms with E-state index in [2.05, 4.69) is 15.5 Å². The van der Waals surface area contributed by atoms with E-state index in [4.69, 9.17) is 0 Å². The van der Waals surface area contributed by atoms with Crippen molar-refractivity contribution >= 4 is 0 Å². The van der Waals surface area contributed by atoms with Crippen LogP contribution in [0.1, 0.15) is 24.3 Å². The molecule has 0 N–H and O–H groups in total. The molecule has 2 aromatic rings. The standard InChI is InChI=1S/C10H9FN4/c11-8-3-4-10(15-6-12-13-14-15)9(5-8)7-1-2-7/h3-7H,1-2H2. The molecule has 1 aliphatic carbocycles. The number of benzene rings is 1. The van der Waals surface area contributed by atoms with E-state index < -0.39 is 0 Å². The third-order valence-electron chi connectivity index (χ3n) is 2.60. The van der Waals surface area contributed by atoms with Crippen LogP contribution in [0.5, 0.6) is 0 Å². The Balaban J connectivity index is 2.13. The molecule has 0 saturated heterocycles. The van der Waals surface area contributed by atoms with Crippen LogP contribution in [0.3, 0.4) is 0 Å². The van der Waals surface area contributed by atoms with Gasteiger partial charge in [-0.1, -0.05) is 0 Å². The Bertz CT molecular complexity index is 476. The van der Waals surface area contributed by atoms with E-state index in [1.165, 1.54) is 12.4 Å². The zero-order valence-corrected chi connectivity index (χ0v) is 7.97. The van der Waals surface area contributed by atoms with Crippen molar-refractivity contribution in [3.63, 3.8) is 0 Å². The SMILES string of the molecule is Fc1ccc(-n2cnnn2)c(C2CC2)c1. The highest BCUT2D eigenvalue weighted by Crippen LogP contribution is 2.42. The van der Waals surface area contributed by atoms with Gasteiger partial charge in [-0.05, 0) is 52.9 Å².